The summed E-state index contributed by atoms with van der Waals surface area (Å²) in [6.45, 7) is 1.57. The van der Waals surface area contributed by atoms with Crippen molar-refractivity contribution in [2.45, 2.75) is 16.8 Å². The van der Waals surface area contributed by atoms with Crippen molar-refractivity contribution in [3.05, 3.63) is 50.6 Å². The van der Waals surface area contributed by atoms with E-state index in [0.717, 1.165) is 12.1 Å². The predicted molar refractivity (Wildman–Crippen MR) is 91.5 cm³/mol. The molecule has 2 heterocycles. The second-order valence-electron chi connectivity index (χ2n) is 4.96. The van der Waals surface area contributed by atoms with Crippen LogP contribution in [0.3, 0.4) is 0 Å². The molecule has 0 aliphatic rings. The molecule has 1 aromatic carbocycles. The van der Waals surface area contributed by atoms with Crippen LogP contribution in [0.2, 0.25) is 0 Å². The summed E-state index contributed by atoms with van der Waals surface area (Å²) in [4.78, 5) is 47.7. The van der Waals surface area contributed by atoms with Gasteiger partial charge in [0.2, 0.25) is 0 Å². The third-order valence-corrected chi connectivity index (χ3v) is 4.47. The number of carbonyl (C=O) groups excluding carboxylic acids is 1. The molecule has 0 atom stereocenters. The smallest absolute Gasteiger partial charge is 0.338 e. The number of nitro groups is 2. The van der Waals surface area contributed by atoms with Gasteiger partial charge in [-0.15, -0.1) is 0 Å². The fraction of sp³-hybridized carbons (Fsp3) is 0.143. The Morgan fingerprint density at radius 1 is 1.19 bits per heavy atom. The molecule has 0 aliphatic heterocycles. The summed E-state index contributed by atoms with van der Waals surface area (Å²) < 4.78 is 4.78. The second kappa shape index (κ2) is 7.33. The Morgan fingerprint density at radius 2 is 1.85 bits per heavy atom. The molecule has 0 aliphatic carbocycles. The molecular formula is C14H10N6O6S. The minimum Gasteiger partial charge on any atom is -0.462 e. The maximum atomic E-state index is 11.9. The van der Waals surface area contributed by atoms with Crippen molar-refractivity contribution in [1.82, 2.24) is 19.9 Å². The van der Waals surface area contributed by atoms with Crippen molar-refractivity contribution in [2.75, 3.05) is 6.61 Å². The van der Waals surface area contributed by atoms with Gasteiger partial charge in [-0.1, -0.05) is 11.8 Å². The van der Waals surface area contributed by atoms with Gasteiger partial charge in [-0.05, 0) is 6.92 Å². The molecule has 1 N–H and O–H groups in total. The number of aromatic amines is 1. The van der Waals surface area contributed by atoms with Crippen molar-refractivity contribution >= 4 is 40.3 Å². The van der Waals surface area contributed by atoms with Crippen LogP contribution in [0.5, 0.6) is 0 Å². The molecule has 2 aromatic heterocycles. The summed E-state index contributed by atoms with van der Waals surface area (Å²) in [6, 6.07) is 1.89. The Bertz CT molecular complexity index is 1030. The Kier molecular flexibility index (Phi) is 4.94. The topological polar surface area (TPSA) is 167 Å². The highest BCUT2D eigenvalue weighted by atomic mass is 32.2. The van der Waals surface area contributed by atoms with Gasteiger partial charge in [-0.3, -0.25) is 20.2 Å². The average Bonchev–Trinajstić information content (AvgIpc) is 3.11. The zero-order valence-corrected chi connectivity index (χ0v) is 14.4. The summed E-state index contributed by atoms with van der Waals surface area (Å²) in [6.07, 6.45) is 2.55. The standard InChI is InChI=1S/C14H10N6O6S/c1-2-26-14(21)7-3-8(19(22)23)11(9(4-7)20(24)25)27-13-10-12(16-5-15-10)17-6-18-13/h3-6H,2H2,1H3,(H,15,16,17,18). The molecule has 0 saturated heterocycles. The van der Waals surface area contributed by atoms with E-state index >= 15 is 0 Å². The number of hydrogen-bond acceptors (Lipinski definition) is 10. The van der Waals surface area contributed by atoms with Crippen LogP contribution in [0.25, 0.3) is 11.2 Å². The normalized spacial score (nSPS) is 10.7. The lowest BCUT2D eigenvalue weighted by atomic mass is 10.1. The van der Waals surface area contributed by atoms with Crippen LogP contribution in [0, 0.1) is 20.2 Å². The van der Waals surface area contributed by atoms with Gasteiger partial charge in [0.05, 0.1) is 28.3 Å². The highest BCUT2D eigenvalue weighted by Crippen LogP contribution is 2.42. The molecular weight excluding hydrogens is 380 g/mol. The van der Waals surface area contributed by atoms with Crippen LogP contribution in [0.1, 0.15) is 17.3 Å². The van der Waals surface area contributed by atoms with Crippen molar-refractivity contribution in [3.63, 3.8) is 0 Å². The number of nitrogens with zero attached hydrogens (tertiary/aromatic N) is 5. The zero-order valence-electron chi connectivity index (χ0n) is 13.6. The van der Waals surface area contributed by atoms with Gasteiger partial charge in [0.25, 0.3) is 11.4 Å². The third-order valence-electron chi connectivity index (χ3n) is 3.34. The minimum atomic E-state index is -0.891. The molecule has 13 heteroatoms. The number of carbonyl (C=O) groups is 1. The maximum Gasteiger partial charge on any atom is 0.338 e. The molecule has 27 heavy (non-hydrogen) atoms. The number of benzene rings is 1. The first-order valence-electron chi connectivity index (χ1n) is 7.38. The maximum absolute atomic E-state index is 11.9. The number of imidazole rings is 1. The van der Waals surface area contributed by atoms with Crippen molar-refractivity contribution in [3.8, 4) is 0 Å². The highest BCUT2D eigenvalue weighted by molar-refractivity contribution is 7.99. The van der Waals surface area contributed by atoms with E-state index in [2.05, 4.69) is 19.9 Å². The van der Waals surface area contributed by atoms with E-state index in [1.54, 1.807) is 6.92 Å². The molecule has 0 bridgehead atoms. The molecule has 0 unspecified atom stereocenters. The lowest BCUT2D eigenvalue weighted by Gasteiger charge is -2.07. The molecule has 0 saturated carbocycles. The number of fused-ring (bicyclic) bond motifs is 1. The Balaban J connectivity index is 2.18. The fourth-order valence-corrected chi connectivity index (χ4v) is 3.25. The number of rotatable bonds is 6. The summed E-state index contributed by atoms with van der Waals surface area (Å²) in [5.74, 6) is -0.891. The summed E-state index contributed by atoms with van der Waals surface area (Å²) in [5.41, 5.74) is -0.817. The third kappa shape index (κ3) is 3.52. The van der Waals surface area contributed by atoms with Gasteiger partial charge in [0.1, 0.15) is 16.9 Å². The first-order valence-corrected chi connectivity index (χ1v) is 8.20. The van der Waals surface area contributed by atoms with Crippen LogP contribution in [0.4, 0.5) is 11.4 Å². The molecule has 0 amide bonds. The SMILES string of the molecule is CCOC(=O)c1cc([N+](=O)[O-])c(Sc2ncnc3nc[nH]c23)c([N+](=O)[O-])c1. The lowest BCUT2D eigenvalue weighted by molar-refractivity contribution is -0.399. The van der Waals surface area contributed by atoms with Crippen molar-refractivity contribution in [1.29, 1.82) is 0 Å². The summed E-state index contributed by atoms with van der Waals surface area (Å²) in [5, 5.41) is 23.2. The van der Waals surface area contributed by atoms with Crippen LogP contribution >= 0.6 is 11.8 Å². The van der Waals surface area contributed by atoms with Crippen molar-refractivity contribution in [2.24, 2.45) is 0 Å². The van der Waals surface area contributed by atoms with E-state index in [-0.39, 0.29) is 22.1 Å². The first kappa shape index (κ1) is 18.2. The predicted octanol–water partition coefficient (Wildman–Crippen LogP) is 2.50. The van der Waals surface area contributed by atoms with Gasteiger partial charge in [-0.25, -0.2) is 19.7 Å². The number of H-pyrrole nitrogens is 1. The van der Waals surface area contributed by atoms with E-state index in [1.807, 2.05) is 0 Å². The first-order chi connectivity index (χ1) is 12.9. The number of ether oxygens (including phenoxy) is 1. The molecule has 138 valence electrons. The van der Waals surface area contributed by atoms with Gasteiger partial charge in [-0.2, -0.15) is 0 Å². The zero-order chi connectivity index (χ0) is 19.6. The van der Waals surface area contributed by atoms with Crippen LogP contribution < -0.4 is 0 Å². The van der Waals surface area contributed by atoms with Crippen LogP contribution in [-0.4, -0.2) is 42.4 Å². The fourth-order valence-electron chi connectivity index (χ4n) is 2.22. The Hall–Kier alpha value is -3.61. The van der Waals surface area contributed by atoms with Gasteiger partial charge in [0.15, 0.2) is 10.5 Å². The highest BCUT2D eigenvalue weighted by Gasteiger charge is 2.30. The minimum absolute atomic E-state index is 0.0235. The Morgan fingerprint density at radius 3 is 2.44 bits per heavy atom. The molecule has 3 rings (SSSR count). The van der Waals surface area contributed by atoms with Gasteiger partial charge >= 0.3 is 5.97 Å². The number of esters is 1. The van der Waals surface area contributed by atoms with E-state index < -0.39 is 27.2 Å². The molecule has 0 fully saturated rings. The van der Waals surface area contributed by atoms with Crippen LogP contribution in [0.15, 0.2) is 34.7 Å². The summed E-state index contributed by atoms with van der Waals surface area (Å²) >= 11 is 0.708. The molecule has 12 nitrogen and oxygen atoms in total. The number of hydrogen-bond donors (Lipinski definition) is 1. The monoisotopic (exact) mass is 390 g/mol. The largest absolute Gasteiger partial charge is 0.462 e. The Labute approximate surface area is 154 Å². The molecule has 3 aromatic rings. The van der Waals surface area contributed by atoms with E-state index in [0.29, 0.717) is 22.9 Å². The number of aromatic nitrogens is 4. The van der Waals surface area contributed by atoms with E-state index in [4.69, 9.17) is 4.74 Å². The second-order valence-corrected chi connectivity index (χ2v) is 5.96. The number of nitrogens with one attached hydrogen (secondary N) is 1. The van der Waals surface area contributed by atoms with Crippen LogP contribution in [-0.2, 0) is 4.74 Å². The van der Waals surface area contributed by atoms with E-state index in [9.17, 15) is 25.0 Å². The quantitative estimate of drug-likeness (QED) is 0.286. The average molecular weight is 390 g/mol. The number of nitro benzene ring substituents is 2. The van der Waals surface area contributed by atoms with Gasteiger partial charge in [0, 0.05) is 12.1 Å². The van der Waals surface area contributed by atoms with E-state index in [1.165, 1.54) is 12.7 Å². The lowest BCUT2D eigenvalue weighted by Crippen LogP contribution is -2.07. The summed E-state index contributed by atoms with van der Waals surface area (Å²) in [7, 11) is 0. The molecule has 0 spiro atoms. The molecule has 0 radical (unpaired) electrons. The van der Waals surface area contributed by atoms with Gasteiger partial charge < -0.3 is 9.72 Å². The van der Waals surface area contributed by atoms with Crippen molar-refractivity contribution < 1.29 is 19.4 Å².